The molecule has 0 aromatic heterocycles. The summed E-state index contributed by atoms with van der Waals surface area (Å²) in [5.41, 5.74) is 1.52. The fourth-order valence-electron chi connectivity index (χ4n) is 10.2. The van der Waals surface area contributed by atoms with Gasteiger partial charge in [-0.25, -0.2) is 0 Å². The molecule has 7 atom stereocenters. The zero-order chi connectivity index (χ0) is 27.8. The van der Waals surface area contributed by atoms with Crippen molar-refractivity contribution in [2.45, 2.75) is 134 Å². The van der Waals surface area contributed by atoms with Gasteiger partial charge in [-0.2, -0.15) is 0 Å². The van der Waals surface area contributed by atoms with Gasteiger partial charge in [-0.3, -0.25) is 0 Å². The van der Waals surface area contributed by atoms with E-state index in [0.29, 0.717) is 37.4 Å². The van der Waals surface area contributed by atoms with Crippen LogP contribution >= 0.6 is 0 Å². The van der Waals surface area contributed by atoms with E-state index in [1.54, 1.807) is 5.57 Å². The summed E-state index contributed by atoms with van der Waals surface area (Å²) < 4.78 is 24.5. The molecule has 0 bridgehead atoms. The number of ether oxygens (including phenoxy) is 4. The van der Waals surface area contributed by atoms with Gasteiger partial charge in [0.1, 0.15) is 0 Å². The number of allylic oxidation sites excluding steroid dienone is 1. The van der Waals surface area contributed by atoms with Gasteiger partial charge in [0.05, 0.1) is 37.1 Å². The summed E-state index contributed by atoms with van der Waals surface area (Å²) in [5, 5.41) is 24.6. The number of hydrogen-bond donors (Lipinski definition) is 2. The van der Waals surface area contributed by atoms with Gasteiger partial charge >= 0.3 is 0 Å². The predicted octanol–water partition coefficient (Wildman–Crippen LogP) is 5.93. The van der Waals surface area contributed by atoms with Crippen LogP contribution in [-0.2, 0) is 18.9 Å². The second kappa shape index (κ2) is 10.0. The Balaban J connectivity index is 1.10. The molecule has 7 rings (SSSR count). The van der Waals surface area contributed by atoms with Gasteiger partial charge in [0.2, 0.25) is 0 Å². The minimum absolute atomic E-state index is 0.0326. The summed E-state index contributed by atoms with van der Waals surface area (Å²) in [6.45, 7) is 10.5. The van der Waals surface area contributed by atoms with E-state index in [2.05, 4.69) is 20.8 Å². The highest BCUT2D eigenvalue weighted by Crippen LogP contribution is 2.69. The lowest BCUT2D eigenvalue weighted by Gasteiger charge is -2.59. The smallest absolute Gasteiger partial charge is 0.171 e. The Labute approximate surface area is 241 Å². The van der Waals surface area contributed by atoms with E-state index < -0.39 is 17.0 Å². The average molecular weight is 559 g/mol. The lowest BCUT2D eigenvalue weighted by atomic mass is 9.49. The van der Waals surface area contributed by atoms with Gasteiger partial charge in [-0.15, -0.1) is 0 Å². The Kier molecular flexibility index (Phi) is 7.09. The SMILES string of the molecule is CC1(C)COC2(CCC3=C4[C@@H](CC[C@@]3(O)C2)[C@@H]2CC[C@@](O)(CCCOC3CCCOC3)[C@@]2(C)C[C@@H]4C2CC2)OC1. The number of hydrogen-bond acceptors (Lipinski definition) is 6. The van der Waals surface area contributed by atoms with E-state index >= 15 is 0 Å². The summed E-state index contributed by atoms with van der Waals surface area (Å²) in [6, 6.07) is 0. The molecule has 0 radical (unpaired) electrons. The molecular formula is C34H54O6. The van der Waals surface area contributed by atoms with Gasteiger partial charge in [0.15, 0.2) is 5.79 Å². The Bertz CT molecular complexity index is 986. The van der Waals surface area contributed by atoms with Gasteiger partial charge in [-0.1, -0.05) is 26.3 Å². The molecule has 1 spiro atoms. The molecule has 1 unspecified atom stereocenters. The van der Waals surface area contributed by atoms with E-state index in [4.69, 9.17) is 18.9 Å². The zero-order valence-electron chi connectivity index (χ0n) is 25.3. The minimum atomic E-state index is -0.804. The van der Waals surface area contributed by atoms with Crippen LogP contribution in [0.4, 0.5) is 0 Å². The molecule has 2 heterocycles. The van der Waals surface area contributed by atoms with Crippen LogP contribution in [0, 0.1) is 34.5 Å². The second-order valence-electron chi connectivity index (χ2n) is 16.0. The van der Waals surface area contributed by atoms with E-state index in [1.165, 1.54) is 18.4 Å². The lowest BCUT2D eigenvalue weighted by molar-refractivity contribution is -0.322. The zero-order valence-corrected chi connectivity index (χ0v) is 25.3. The van der Waals surface area contributed by atoms with Crippen molar-refractivity contribution in [3.63, 3.8) is 0 Å². The summed E-state index contributed by atoms with van der Waals surface area (Å²) in [4.78, 5) is 0. The normalized spacial score (nSPS) is 46.1. The molecule has 6 heteroatoms. The second-order valence-corrected chi connectivity index (χ2v) is 16.0. The predicted molar refractivity (Wildman–Crippen MR) is 153 cm³/mol. The van der Waals surface area contributed by atoms with Gasteiger partial charge in [0, 0.05) is 36.9 Å². The van der Waals surface area contributed by atoms with Crippen LogP contribution in [0.25, 0.3) is 0 Å². The van der Waals surface area contributed by atoms with Crippen LogP contribution in [0.3, 0.4) is 0 Å². The quantitative estimate of drug-likeness (QED) is 0.311. The van der Waals surface area contributed by atoms with E-state index in [9.17, 15) is 10.2 Å². The van der Waals surface area contributed by atoms with Gasteiger partial charge < -0.3 is 29.2 Å². The van der Waals surface area contributed by atoms with Crippen molar-refractivity contribution in [2.24, 2.45) is 34.5 Å². The molecule has 0 amide bonds. The highest BCUT2D eigenvalue weighted by Gasteiger charge is 2.65. The first-order chi connectivity index (χ1) is 19.1. The van der Waals surface area contributed by atoms with Gasteiger partial charge in [-0.05, 0) is 106 Å². The number of fused-ring (bicyclic) bond motifs is 4. The van der Waals surface area contributed by atoms with Crippen molar-refractivity contribution in [3.8, 4) is 0 Å². The molecule has 2 saturated heterocycles. The Morgan fingerprint density at radius 2 is 1.73 bits per heavy atom. The Morgan fingerprint density at radius 1 is 0.925 bits per heavy atom. The average Bonchev–Trinajstić information content (AvgIpc) is 3.74. The minimum Gasteiger partial charge on any atom is -0.389 e. The fourth-order valence-corrected chi connectivity index (χ4v) is 10.2. The molecule has 5 aliphatic carbocycles. The van der Waals surface area contributed by atoms with Crippen molar-refractivity contribution < 1.29 is 29.2 Å². The van der Waals surface area contributed by atoms with Crippen molar-refractivity contribution in [3.05, 3.63) is 11.1 Å². The third-order valence-corrected chi connectivity index (χ3v) is 12.6. The fraction of sp³-hybridized carbons (Fsp3) is 0.941. The maximum atomic E-state index is 12.3. The van der Waals surface area contributed by atoms with Gasteiger partial charge in [0.25, 0.3) is 0 Å². The van der Waals surface area contributed by atoms with Crippen molar-refractivity contribution in [1.29, 1.82) is 0 Å². The van der Waals surface area contributed by atoms with Crippen LogP contribution in [0.2, 0.25) is 0 Å². The molecular weight excluding hydrogens is 504 g/mol. The molecule has 6 nitrogen and oxygen atoms in total. The maximum absolute atomic E-state index is 12.3. The first-order valence-corrected chi connectivity index (χ1v) is 16.7. The molecule has 2 N–H and O–H groups in total. The molecule has 0 aromatic carbocycles. The van der Waals surface area contributed by atoms with E-state index in [0.717, 1.165) is 96.4 Å². The molecule has 226 valence electrons. The van der Waals surface area contributed by atoms with Crippen molar-refractivity contribution in [2.75, 3.05) is 33.0 Å². The van der Waals surface area contributed by atoms with Crippen LogP contribution < -0.4 is 0 Å². The largest absolute Gasteiger partial charge is 0.389 e. The molecule has 0 aromatic rings. The van der Waals surface area contributed by atoms with Crippen LogP contribution in [0.15, 0.2) is 11.1 Å². The third kappa shape index (κ3) is 4.76. The maximum Gasteiger partial charge on any atom is 0.171 e. The number of aliphatic hydroxyl groups is 2. The summed E-state index contributed by atoms with van der Waals surface area (Å²) >= 11 is 0. The topological polar surface area (TPSA) is 77.4 Å². The monoisotopic (exact) mass is 558 g/mol. The third-order valence-electron chi connectivity index (χ3n) is 12.6. The molecule has 40 heavy (non-hydrogen) atoms. The summed E-state index contributed by atoms with van der Waals surface area (Å²) in [7, 11) is 0. The van der Waals surface area contributed by atoms with Crippen LogP contribution in [-0.4, -0.2) is 66.3 Å². The molecule has 4 saturated carbocycles. The van der Waals surface area contributed by atoms with Crippen molar-refractivity contribution in [1.82, 2.24) is 0 Å². The van der Waals surface area contributed by atoms with Crippen LogP contribution in [0.1, 0.15) is 111 Å². The first-order valence-electron chi connectivity index (χ1n) is 16.7. The van der Waals surface area contributed by atoms with Crippen LogP contribution in [0.5, 0.6) is 0 Å². The lowest BCUT2D eigenvalue weighted by Crippen LogP contribution is -2.58. The highest BCUT2D eigenvalue weighted by molar-refractivity contribution is 5.38. The first kappa shape index (κ1) is 28.3. The molecule has 6 fully saturated rings. The van der Waals surface area contributed by atoms with E-state index in [1.807, 2.05) is 0 Å². The standard InChI is InChI=1S/C34H54O6/c1-30(2)21-39-34(40-22-30)15-11-28-29-25(9-13-32(28,35)20-34)27-10-14-33(36,31(27,3)18-26(29)23-7-8-23)12-5-17-38-24-6-4-16-37-19-24/h23-27,35-36H,4-22H2,1-3H3/t24?,25-,26+,27-,31-,32+,33-/m0/s1. The van der Waals surface area contributed by atoms with Crippen molar-refractivity contribution >= 4 is 0 Å². The Morgan fingerprint density at radius 3 is 2.45 bits per heavy atom. The highest BCUT2D eigenvalue weighted by atomic mass is 16.7. The summed E-state index contributed by atoms with van der Waals surface area (Å²) in [6.07, 6.45) is 14.0. The molecule has 2 aliphatic heterocycles. The Hall–Kier alpha value is -0.500. The molecule has 7 aliphatic rings. The number of rotatable bonds is 6. The summed E-state index contributed by atoms with van der Waals surface area (Å²) in [5.74, 6) is 1.62. The van der Waals surface area contributed by atoms with E-state index in [-0.39, 0.29) is 16.9 Å².